The topological polar surface area (TPSA) is 123 Å². The van der Waals surface area contributed by atoms with Crippen molar-refractivity contribution in [3.63, 3.8) is 0 Å². The van der Waals surface area contributed by atoms with Crippen molar-refractivity contribution in [2.75, 3.05) is 11.1 Å². The molecule has 0 unspecified atom stereocenters. The van der Waals surface area contributed by atoms with Crippen LogP contribution in [0.3, 0.4) is 0 Å². The standard InChI is InChI=1S/C20H24N6O/c1-11-4-2-3-5-14(11)17(27)15-10-23-18-16(15)19(26-20(22)25-18)24-13-8-6-12(21)7-9-13/h2-5,10,12-13H,6-9,21H2,1H3,(H4,22,23,24,25,26)/t12-,13+. The summed E-state index contributed by atoms with van der Waals surface area (Å²) in [5.74, 6) is 0.729. The number of benzene rings is 1. The molecular formula is C20H24N6O. The zero-order valence-electron chi connectivity index (χ0n) is 15.3. The van der Waals surface area contributed by atoms with Crippen molar-refractivity contribution in [1.29, 1.82) is 0 Å². The zero-order chi connectivity index (χ0) is 19.0. The van der Waals surface area contributed by atoms with E-state index >= 15 is 0 Å². The molecule has 2 aromatic heterocycles. The van der Waals surface area contributed by atoms with Gasteiger partial charge in [0.1, 0.15) is 11.5 Å². The number of nitrogen functional groups attached to an aromatic ring is 1. The summed E-state index contributed by atoms with van der Waals surface area (Å²) in [5, 5.41) is 4.16. The highest BCUT2D eigenvalue weighted by atomic mass is 16.1. The summed E-state index contributed by atoms with van der Waals surface area (Å²) >= 11 is 0. The molecule has 0 amide bonds. The van der Waals surface area contributed by atoms with Crippen molar-refractivity contribution in [2.24, 2.45) is 5.73 Å². The number of hydrogen-bond acceptors (Lipinski definition) is 6. The molecule has 0 atom stereocenters. The first kappa shape index (κ1) is 17.5. The first-order valence-electron chi connectivity index (χ1n) is 9.30. The summed E-state index contributed by atoms with van der Waals surface area (Å²) in [6, 6.07) is 8.09. The molecule has 6 N–H and O–H groups in total. The molecule has 140 valence electrons. The van der Waals surface area contributed by atoms with Crippen LogP contribution < -0.4 is 16.8 Å². The molecule has 0 aliphatic heterocycles. The highest BCUT2D eigenvalue weighted by Crippen LogP contribution is 2.30. The smallest absolute Gasteiger partial charge is 0.223 e. The summed E-state index contributed by atoms with van der Waals surface area (Å²) in [4.78, 5) is 24.9. The van der Waals surface area contributed by atoms with Crippen LogP contribution in [0.5, 0.6) is 0 Å². The third kappa shape index (κ3) is 3.38. The molecule has 0 radical (unpaired) electrons. The van der Waals surface area contributed by atoms with Crippen LogP contribution in [0.4, 0.5) is 11.8 Å². The summed E-state index contributed by atoms with van der Waals surface area (Å²) < 4.78 is 0. The van der Waals surface area contributed by atoms with Crippen molar-refractivity contribution in [3.05, 3.63) is 47.2 Å². The molecule has 7 nitrogen and oxygen atoms in total. The van der Waals surface area contributed by atoms with E-state index in [1.807, 2.05) is 31.2 Å². The van der Waals surface area contributed by atoms with E-state index in [4.69, 9.17) is 11.5 Å². The van der Waals surface area contributed by atoms with Crippen LogP contribution in [0.2, 0.25) is 0 Å². The Labute approximate surface area is 157 Å². The van der Waals surface area contributed by atoms with Crippen LogP contribution >= 0.6 is 0 Å². The Morgan fingerprint density at radius 2 is 1.89 bits per heavy atom. The average Bonchev–Trinajstić information content (AvgIpc) is 3.07. The summed E-state index contributed by atoms with van der Waals surface area (Å²) in [6.07, 6.45) is 5.58. The molecule has 1 aliphatic carbocycles. The third-order valence-corrected chi connectivity index (χ3v) is 5.30. The first-order chi connectivity index (χ1) is 13.0. The fourth-order valence-electron chi connectivity index (χ4n) is 3.76. The van der Waals surface area contributed by atoms with Gasteiger partial charge in [0, 0.05) is 23.8 Å². The number of hydrogen-bond donors (Lipinski definition) is 4. The minimum atomic E-state index is -0.0542. The van der Waals surface area contributed by atoms with Gasteiger partial charge in [0.05, 0.1) is 10.9 Å². The Morgan fingerprint density at radius 1 is 1.15 bits per heavy atom. The lowest BCUT2D eigenvalue weighted by molar-refractivity contribution is 0.103. The minimum absolute atomic E-state index is 0.0542. The SMILES string of the molecule is Cc1ccccc1C(=O)c1c[nH]c2nc(N)nc(N[C@H]3CC[C@@H](N)CC3)c12. The van der Waals surface area contributed by atoms with E-state index in [0.717, 1.165) is 31.2 Å². The molecule has 0 spiro atoms. The number of carbonyl (C=O) groups excluding carboxylic acids is 1. The van der Waals surface area contributed by atoms with Gasteiger partial charge in [-0.25, -0.2) is 0 Å². The molecule has 1 aliphatic rings. The van der Waals surface area contributed by atoms with Gasteiger partial charge in [0.15, 0.2) is 5.78 Å². The number of ketones is 1. The van der Waals surface area contributed by atoms with Gasteiger partial charge >= 0.3 is 0 Å². The number of nitrogens with one attached hydrogen (secondary N) is 2. The molecule has 2 heterocycles. The largest absolute Gasteiger partial charge is 0.368 e. The Balaban J connectivity index is 1.74. The Hall–Kier alpha value is -2.93. The maximum absolute atomic E-state index is 13.2. The zero-order valence-corrected chi connectivity index (χ0v) is 15.3. The fraction of sp³-hybridized carbons (Fsp3) is 0.350. The number of fused-ring (bicyclic) bond motifs is 1. The second-order valence-electron chi connectivity index (χ2n) is 7.26. The maximum atomic E-state index is 13.2. The van der Waals surface area contributed by atoms with Gasteiger partial charge in [-0.05, 0) is 38.2 Å². The molecule has 0 bridgehead atoms. The lowest BCUT2D eigenvalue weighted by atomic mass is 9.91. The highest BCUT2D eigenvalue weighted by molar-refractivity contribution is 6.18. The predicted octanol–water partition coefficient (Wildman–Crippen LogP) is 2.76. The van der Waals surface area contributed by atoms with Crippen LogP contribution in [0.1, 0.15) is 47.2 Å². The normalized spacial score (nSPS) is 19.9. The molecule has 1 saturated carbocycles. The van der Waals surface area contributed by atoms with E-state index < -0.39 is 0 Å². The average molecular weight is 364 g/mol. The molecule has 1 fully saturated rings. The molecule has 4 rings (SSSR count). The van der Waals surface area contributed by atoms with Crippen LogP contribution in [-0.4, -0.2) is 32.8 Å². The number of nitrogens with two attached hydrogens (primary N) is 2. The summed E-state index contributed by atoms with van der Waals surface area (Å²) in [7, 11) is 0. The number of H-pyrrole nitrogens is 1. The lowest BCUT2D eigenvalue weighted by Gasteiger charge is -2.27. The molecule has 7 heteroatoms. The van der Waals surface area contributed by atoms with E-state index in [0.29, 0.717) is 28.0 Å². The quantitative estimate of drug-likeness (QED) is 0.528. The second kappa shape index (κ2) is 7.00. The summed E-state index contributed by atoms with van der Waals surface area (Å²) in [5.41, 5.74) is 14.6. The Morgan fingerprint density at radius 3 is 2.63 bits per heavy atom. The van der Waals surface area contributed by atoms with Crippen molar-refractivity contribution in [1.82, 2.24) is 15.0 Å². The van der Waals surface area contributed by atoms with Crippen molar-refractivity contribution in [2.45, 2.75) is 44.7 Å². The number of rotatable bonds is 4. The van der Waals surface area contributed by atoms with Crippen LogP contribution in [0, 0.1) is 6.92 Å². The minimum Gasteiger partial charge on any atom is -0.368 e. The van der Waals surface area contributed by atoms with Crippen LogP contribution in [0.15, 0.2) is 30.5 Å². The van der Waals surface area contributed by atoms with Gasteiger partial charge < -0.3 is 21.8 Å². The van der Waals surface area contributed by atoms with Gasteiger partial charge in [-0.3, -0.25) is 4.79 Å². The van der Waals surface area contributed by atoms with E-state index in [1.54, 1.807) is 6.20 Å². The Kier molecular flexibility index (Phi) is 4.53. The monoisotopic (exact) mass is 364 g/mol. The number of aromatic nitrogens is 3. The second-order valence-corrected chi connectivity index (χ2v) is 7.26. The summed E-state index contributed by atoms with van der Waals surface area (Å²) in [6.45, 7) is 1.93. The third-order valence-electron chi connectivity index (χ3n) is 5.30. The van der Waals surface area contributed by atoms with E-state index in [1.165, 1.54) is 0 Å². The number of aryl methyl sites for hydroxylation is 1. The van der Waals surface area contributed by atoms with E-state index in [9.17, 15) is 4.79 Å². The number of nitrogens with zero attached hydrogens (tertiary/aromatic N) is 2. The Bertz CT molecular complexity index is 987. The highest BCUT2D eigenvalue weighted by Gasteiger charge is 2.23. The van der Waals surface area contributed by atoms with Crippen molar-refractivity contribution >= 4 is 28.6 Å². The molecule has 0 saturated heterocycles. The molecule has 1 aromatic carbocycles. The van der Waals surface area contributed by atoms with E-state index in [-0.39, 0.29) is 23.8 Å². The lowest BCUT2D eigenvalue weighted by Crippen LogP contribution is -2.33. The van der Waals surface area contributed by atoms with Gasteiger partial charge in [-0.2, -0.15) is 9.97 Å². The van der Waals surface area contributed by atoms with Gasteiger partial charge in [-0.15, -0.1) is 0 Å². The van der Waals surface area contributed by atoms with Crippen molar-refractivity contribution < 1.29 is 4.79 Å². The molecule has 3 aromatic rings. The molecular weight excluding hydrogens is 340 g/mol. The first-order valence-corrected chi connectivity index (χ1v) is 9.30. The number of carbonyl (C=O) groups is 1. The van der Waals surface area contributed by atoms with Gasteiger partial charge in [0.2, 0.25) is 5.95 Å². The van der Waals surface area contributed by atoms with Crippen molar-refractivity contribution in [3.8, 4) is 0 Å². The van der Waals surface area contributed by atoms with E-state index in [2.05, 4.69) is 20.3 Å². The van der Waals surface area contributed by atoms with Gasteiger partial charge in [0.25, 0.3) is 0 Å². The fourth-order valence-corrected chi connectivity index (χ4v) is 3.76. The van der Waals surface area contributed by atoms with Crippen LogP contribution in [-0.2, 0) is 0 Å². The number of anilines is 2. The number of aromatic amines is 1. The van der Waals surface area contributed by atoms with Crippen LogP contribution in [0.25, 0.3) is 11.0 Å². The maximum Gasteiger partial charge on any atom is 0.223 e. The van der Waals surface area contributed by atoms with Gasteiger partial charge in [-0.1, -0.05) is 24.3 Å². The molecule has 27 heavy (non-hydrogen) atoms. The predicted molar refractivity (Wildman–Crippen MR) is 107 cm³/mol.